The van der Waals surface area contributed by atoms with Crippen molar-refractivity contribution in [3.63, 3.8) is 0 Å². The van der Waals surface area contributed by atoms with Crippen LogP contribution in [0.1, 0.15) is 21.7 Å². The van der Waals surface area contributed by atoms with Crippen LogP contribution >= 0.6 is 23.2 Å². The lowest BCUT2D eigenvalue weighted by Crippen LogP contribution is -2.50. The van der Waals surface area contributed by atoms with E-state index >= 15 is 0 Å². The summed E-state index contributed by atoms with van der Waals surface area (Å²) in [5.74, 6) is -0.468. The van der Waals surface area contributed by atoms with Crippen LogP contribution in [-0.2, 0) is 17.5 Å². The molecule has 1 aromatic heterocycles. The van der Waals surface area contributed by atoms with Crippen molar-refractivity contribution >= 4 is 40.7 Å². The van der Waals surface area contributed by atoms with Crippen molar-refractivity contribution in [3.05, 3.63) is 39.1 Å². The highest BCUT2D eigenvalue weighted by molar-refractivity contribution is 6.32. The molecule has 14 heteroatoms. The molecule has 0 radical (unpaired) electrons. The predicted molar refractivity (Wildman–Crippen MR) is 123 cm³/mol. The minimum absolute atomic E-state index is 0.0535. The van der Waals surface area contributed by atoms with E-state index in [-0.39, 0.29) is 49.1 Å². The Morgan fingerprint density at radius 3 is 2.40 bits per heavy atom. The number of aromatic nitrogens is 2. The van der Waals surface area contributed by atoms with Crippen LogP contribution in [0.3, 0.4) is 0 Å². The first-order valence-corrected chi connectivity index (χ1v) is 11.3. The number of alkyl halides is 3. The lowest BCUT2D eigenvalue weighted by Gasteiger charge is -2.37. The van der Waals surface area contributed by atoms with Gasteiger partial charge in [0.1, 0.15) is 12.3 Å². The predicted octanol–water partition coefficient (Wildman–Crippen LogP) is 2.60. The lowest BCUT2D eigenvalue weighted by molar-refractivity contribution is -0.142. The van der Waals surface area contributed by atoms with E-state index in [4.69, 9.17) is 33.0 Å². The molecule has 1 aliphatic rings. The fraction of sp³-hybridized carbons (Fsp3) is 0.476. The summed E-state index contributed by atoms with van der Waals surface area (Å²) in [5.41, 5.74) is -0.348. The summed E-state index contributed by atoms with van der Waals surface area (Å²) in [5, 5.41) is 14.8. The standard InChI is InChI=1S/C21H24Cl2F3N5O4/c1-12-18(23)19(21(24,25)26)28-31(12)11-17(33)30-6-4-29(5-7-30)15-10-16(35-2)14(22)9-13(15)20(34)27-3-8-32/h9-10,32H,3-8,11H2,1-2H3,(H,27,34). The summed E-state index contributed by atoms with van der Waals surface area (Å²) < 4.78 is 45.4. The molecule has 9 nitrogen and oxygen atoms in total. The van der Waals surface area contributed by atoms with E-state index in [1.807, 2.05) is 4.90 Å². The Kier molecular flexibility index (Phi) is 8.39. The highest BCUT2D eigenvalue weighted by Crippen LogP contribution is 2.36. The molecule has 1 aromatic carbocycles. The van der Waals surface area contributed by atoms with Crippen molar-refractivity contribution in [3.8, 4) is 5.75 Å². The summed E-state index contributed by atoms with van der Waals surface area (Å²) in [6.45, 7) is 2.06. The number of hydrogen-bond acceptors (Lipinski definition) is 6. The number of carbonyl (C=O) groups is 2. The number of anilines is 1. The number of methoxy groups -OCH3 is 1. The second-order valence-electron chi connectivity index (χ2n) is 7.75. The molecule has 1 fully saturated rings. The van der Waals surface area contributed by atoms with Gasteiger partial charge >= 0.3 is 6.18 Å². The summed E-state index contributed by atoms with van der Waals surface area (Å²) in [6, 6.07) is 3.10. The average Bonchev–Trinajstić information content (AvgIpc) is 3.11. The molecule has 0 unspecified atom stereocenters. The zero-order chi connectivity index (χ0) is 25.9. The Labute approximate surface area is 209 Å². The van der Waals surface area contributed by atoms with Gasteiger partial charge in [-0.05, 0) is 13.0 Å². The van der Waals surface area contributed by atoms with Crippen LogP contribution in [-0.4, -0.2) is 78.0 Å². The number of hydrogen-bond donors (Lipinski definition) is 2. The lowest BCUT2D eigenvalue weighted by atomic mass is 10.1. The van der Waals surface area contributed by atoms with Crippen molar-refractivity contribution < 1.29 is 32.6 Å². The number of rotatable bonds is 7. The largest absolute Gasteiger partial charge is 0.495 e. The summed E-state index contributed by atoms with van der Waals surface area (Å²) >= 11 is 12.0. The van der Waals surface area contributed by atoms with Gasteiger partial charge in [0.25, 0.3) is 5.91 Å². The van der Waals surface area contributed by atoms with Crippen molar-refractivity contribution in [2.45, 2.75) is 19.6 Å². The number of nitrogens with zero attached hydrogens (tertiary/aromatic N) is 4. The number of amides is 2. The van der Waals surface area contributed by atoms with Crippen LogP contribution < -0.4 is 15.0 Å². The second-order valence-corrected chi connectivity index (χ2v) is 8.54. The number of ether oxygens (including phenoxy) is 1. The number of aliphatic hydroxyl groups excluding tert-OH is 1. The van der Waals surface area contributed by atoms with Gasteiger partial charge in [-0.15, -0.1) is 0 Å². The molecular weight excluding hydrogens is 514 g/mol. The Bertz CT molecular complexity index is 1100. The van der Waals surface area contributed by atoms with Gasteiger partial charge in [0, 0.05) is 38.8 Å². The fourth-order valence-corrected chi connectivity index (χ4v) is 4.17. The normalized spacial score (nSPS) is 14.3. The molecule has 1 aliphatic heterocycles. The number of carbonyl (C=O) groups excluding carboxylic acids is 2. The second kappa shape index (κ2) is 10.9. The zero-order valence-electron chi connectivity index (χ0n) is 19.0. The van der Waals surface area contributed by atoms with Crippen molar-refractivity contribution in [2.75, 3.05) is 51.3 Å². The topological polar surface area (TPSA) is 99.9 Å². The molecule has 1 saturated heterocycles. The van der Waals surface area contributed by atoms with Crippen molar-refractivity contribution in [2.24, 2.45) is 0 Å². The Hall–Kier alpha value is -2.70. The van der Waals surface area contributed by atoms with Gasteiger partial charge in [-0.1, -0.05) is 23.2 Å². The molecule has 0 spiro atoms. The van der Waals surface area contributed by atoms with E-state index in [0.717, 1.165) is 4.68 Å². The third kappa shape index (κ3) is 5.93. The Balaban J connectivity index is 1.73. The third-order valence-corrected chi connectivity index (χ3v) is 6.32. The highest BCUT2D eigenvalue weighted by Gasteiger charge is 2.38. The maximum absolute atomic E-state index is 13.1. The van der Waals surface area contributed by atoms with E-state index in [0.29, 0.717) is 24.5 Å². The summed E-state index contributed by atoms with van der Waals surface area (Å²) in [4.78, 5) is 28.8. The van der Waals surface area contributed by atoms with Crippen LogP contribution in [0, 0.1) is 6.92 Å². The molecular formula is C21H24Cl2F3N5O4. The minimum Gasteiger partial charge on any atom is -0.495 e. The van der Waals surface area contributed by atoms with Crippen LogP contribution in [0.2, 0.25) is 10.0 Å². The summed E-state index contributed by atoms with van der Waals surface area (Å²) in [7, 11) is 1.45. The van der Waals surface area contributed by atoms with Gasteiger partial charge in [0.05, 0.1) is 40.7 Å². The smallest absolute Gasteiger partial charge is 0.436 e. The van der Waals surface area contributed by atoms with Crippen molar-refractivity contribution in [1.82, 2.24) is 20.0 Å². The van der Waals surface area contributed by atoms with Gasteiger partial charge in [-0.2, -0.15) is 18.3 Å². The van der Waals surface area contributed by atoms with E-state index < -0.39 is 28.7 Å². The molecule has 0 atom stereocenters. The molecule has 35 heavy (non-hydrogen) atoms. The van der Waals surface area contributed by atoms with E-state index in [1.165, 1.54) is 25.0 Å². The molecule has 2 aromatic rings. The first kappa shape index (κ1) is 26.9. The average molecular weight is 538 g/mol. The number of nitrogens with one attached hydrogen (secondary N) is 1. The number of benzene rings is 1. The molecule has 2 heterocycles. The maximum Gasteiger partial charge on any atom is 0.436 e. The fourth-order valence-electron chi connectivity index (χ4n) is 3.69. The Morgan fingerprint density at radius 1 is 1.20 bits per heavy atom. The Morgan fingerprint density at radius 2 is 1.86 bits per heavy atom. The highest BCUT2D eigenvalue weighted by atomic mass is 35.5. The van der Waals surface area contributed by atoms with Gasteiger partial charge < -0.3 is 25.0 Å². The quantitative estimate of drug-likeness (QED) is 0.563. The van der Waals surface area contributed by atoms with Gasteiger partial charge in [-0.25, -0.2) is 0 Å². The van der Waals surface area contributed by atoms with Crippen LogP contribution in [0.5, 0.6) is 5.75 Å². The van der Waals surface area contributed by atoms with E-state index in [2.05, 4.69) is 10.4 Å². The molecule has 192 valence electrons. The van der Waals surface area contributed by atoms with Crippen LogP contribution in [0.4, 0.5) is 18.9 Å². The number of piperazine rings is 1. The van der Waals surface area contributed by atoms with E-state index in [9.17, 15) is 22.8 Å². The molecule has 2 N–H and O–H groups in total. The van der Waals surface area contributed by atoms with Gasteiger partial charge in [0.2, 0.25) is 5.91 Å². The van der Waals surface area contributed by atoms with Crippen molar-refractivity contribution in [1.29, 1.82) is 0 Å². The minimum atomic E-state index is -4.72. The molecule has 0 aliphatic carbocycles. The van der Waals surface area contributed by atoms with Gasteiger partial charge in [-0.3, -0.25) is 14.3 Å². The SMILES string of the molecule is COc1cc(N2CCN(C(=O)Cn3nc(C(F)(F)F)c(Cl)c3C)CC2)c(C(=O)NCCO)cc1Cl. The summed E-state index contributed by atoms with van der Waals surface area (Å²) in [6.07, 6.45) is -4.72. The van der Waals surface area contributed by atoms with E-state index in [1.54, 1.807) is 6.07 Å². The molecule has 0 saturated carbocycles. The maximum atomic E-state index is 13.1. The first-order valence-electron chi connectivity index (χ1n) is 10.6. The third-order valence-electron chi connectivity index (χ3n) is 5.57. The molecule has 0 bridgehead atoms. The number of halogens is 5. The first-order chi connectivity index (χ1) is 16.5. The zero-order valence-corrected chi connectivity index (χ0v) is 20.5. The monoisotopic (exact) mass is 537 g/mol. The number of aliphatic hydroxyl groups is 1. The molecule has 3 rings (SSSR count). The van der Waals surface area contributed by atoms with Crippen LogP contribution in [0.25, 0.3) is 0 Å². The van der Waals surface area contributed by atoms with Crippen LogP contribution in [0.15, 0.2) is 12.1 Å². The van der Waals surface area contributed by atoms with Gasteiger partial charge in [0.15, 0.2) is 5.69 Å². The molecule has 2 amide bonds.